The van der Waals surface area contributed by atoms with E-state index in [2.05, 4.69) is 9.71 Å². The van der Waals surface area contributed by atoms with Gasteiger partial charge in [-0.2, -0.15) is 0 Å². The van der Waals surface area contributed by atoms with Gasteiger partial charge in [0.25, 0.3) is 15.9 Å². The number of nitrogens with zero attached hydrogens (tertiary/aromatic N) is 2. The first-order chi connectivity index (χ1) is 14.9. The van der Waals surface area contributed by atoms with Crippen molar-refractivity contribution < 1.29 is 22.3 Å². The molecule has 1 amide bonds. The molecule has 2 heterocycles. The van der Waals surface area contributed by atoms with Crippen LogP contribution >= 0.6 is 11.3 Å². The Kier molecular flexibility index (Phi) is 5.90. The second kappa shape index (κ2) is 8.61. The van der Waals surface area contributed by atoms with E-state index in [4.69, 9.17) is 10.5 Å². The van der Waals surface area contributed by atoms with Crippen molar-refractivity contribution in [3.8, 4) is 5.75 Å². The minimum absolute atomic E-state index is 0.0568. The lowest BCUT2D eigenvalue weighted by Crippen LogP contribution is -2.32. The number of anilines is 2. The lowest BCUT2D eigenvalue weighted by atomic mass is 10.2. The normalized spacial score (nSPS) is 16.5. The standard InChI is InChI=1S/C20H19FN4O4S2/c21-17-11-15(4-1-13(17)12-22)29-18-7-9-25(19(18)26)14-2-5-16(6-3-14)31(27,28)24-20-23-8-10-30-20/h1-6,8,10-11,18H,7,9,12,22H2,(H,23,24). The van der Waals surface area contributed by atoms with Gasteiger partial charge in [0.1, 0.15) is 11.6 Å². The number of ether oxygens (including phenoxy) is 1. The van der Waals surface area contributed by atoms with Crippen molar-refractivity contribution in [2.75, 3.05) is 16.2 Å². The van der Waals surface area contributed by atoms with E-state index in [-0.39, 0.29) is 28.2 Å². The molecule has 162 valence electrons. The first-order valence-electron chi connectivity index (χ1n) is 9.36. The number of nitrogens with one attached hydrogen (secondary N) is 1. The Hall–Kier alpha value is -3.02. The van der Waals surface area contributed by atoms with E-state index in [9.17, 15) is 17.6 Å². The molecule has 2 aromatic carbocycles. The van der Waals surface area contributed by atoms with Gasteiger partial charge in [-0.1, -0.05) is 6.07 Å². The predicted octanol–water partition coefficient (Wildman–Crippen LogP) is 2.73. The Morgan fingerprint density at radius 1 is 1.26 bits per heavy atom. The number of thiazole rings is 1. The fourth-order valence-electron chi connectivity index (χ4n) is 3.20. The molecule has 1 fully saturated rings. The Morgan fingerprint density at radius 3 is 2.68 bits per heavy atom. The number of nitrogens with two attached hydrogens (primary N) is 1. The van der Waals surface area contributed by atoms with Crippen molar-refractivity contribution in [1.82, 2.24) is 4.98 Å². The minimum Gasteiger partial charge on any atom is -0.480 e. The third kappa shape index (κ3) is 4.53. The van der Waals surface area contributed by atoms with Gasteiger partial charge >= 0.3 is 0 Å². The molecule has 0 radical (unpaired) electrons. The molecule has 3 aromatic rings. The van der Waals surface area contributed by atoms with E-state index in [1.807, 2.05) is 0 Å². The number of hydrogen-bond donors (Lipinski definition) is 2. The van der Waals surface area contributed by atoms with Gasteiger partial charge in [0.15, 0.2) is 11.2 Å². The highest BCUT2D eigenvalue weighted by Crippen LogP contribution is 2.27. The first kappa shape index (κ1) is 21.2. The second-order valence-electron chi connectivity index (χ2n) is 6.78. The molecule has 1 aliphatic heterocycles. The van der Waals surface area contributed by atoms with E-state index >= 15 is 0 Å². The monoisotopic (exact) mass is 462 g/mol. The average molecular weight is 463 g/mol. The van der Waals surface area contributed by atoms with E-state index in [0.717, 1.165) is 0 Å². The highest BCUT2D eigenvalue weighted by atomic mass is 32.2. The summed E-state index contributed by atoms with van der Waals surface area (Å²) >= 11 is 1.17. The third-order valence-electron chi connectivity index (χ3n) is 4.79. The SMILES string of the molecule is NCc1ccc(OC2CCN(c3ccc(S(=O)(=O)Nc4nccs4)cc3)C2=O)cc1F. The summed E-state index contributed by atoms with van der Waals surface area (Å²) in [5.41, 5.74) is 6.37. The van der Waals surface area contributed by atoms with Crippen molar-refractivity contribution in [2.24, 2.45) is 5.73 Å². The molecule has 31 heavy (non-hydrogen) atoms. The third-order valence-corrected chi connectivity index (χ3v) is 6.96. The Bertz CT molecular complexity index is 1180. The largest absolute Gasteiger partial charge is 0.480 e. The van der Waals surface area contributed by atoms with Crippen molar-refractivity contribution in [1.29, 1.82) is 0 Å². The van der Waals surface area contributed by atoms with Crippen LogP contribution in [0.2, 0.25) is 0 Å². The summed E-state index contributed by atoms with van der Waals surface area (Å²) in [4.78, 5) is 18.2. The molecule has 11 heteroatoms. The van der Waals surface area contributed by atoms with Crippen LogP contribution in [0.1, 0.15) is 12.0 Å². The number of aromatic nitrogens is 1. The number of sulfonamides is 1. The van der Waals surface area contributed by atoms with E-state index < -0.39 is 21.9 Å². The number of rotatable bonds is 7. The number of carbonyl (C=O) groups excluding carboxylic acids is 1. The molecular formula is C20H19FN4O4S2. The van der Waals surface area contributed by atoms with Gasteiger partial charge in [-0.3, -0.25) is 9.52 Å². The molecule has 1 aliphatic rings. The van der Waals surface area contributed by atoms with Crippen molar-refractivity contribution in [3.05, 3.63) is 65.4 Å². The van der Waals surface area contributed by atoms with Crippen LogP contribution in [0.3, 0.4) is 0 Å². The van der Waals surface area contributed by atoms with Crippen LogP contribution in [0.4, 0.5) is 15.2 Å². The highest BCUT2D eigenvalue weighted by Gasteiger charge is 2.34. The van der Waals surface area contributed by atoms with Gasteiger partial charge < -0.3 is 15.4 Å². The molecule has 3 N–H and O–H groups in total. The quantitative estimate of drug-likeness (QED) is 0.558. The zero-order chi connectivity index (χ0) is 22.0. The van der Waals surface area contributed by atoms with Gasteiger partial charge in [0.2, 0.25) is 0 Å². The van der Waals surface area contributed by atoms with E-state index in [0.29, 0.717) is 24.2 Å². The number of benzene rings is 2. The molecular weight excluding hydrogens is 443 g/mol. The number of carbonyl (C=O) groups is 1. The second-order valence-corrected chi connectivity index (χ2v) is 9.36. The fraction of sp³-hybridized carbons (Fsp3) is 0.200. The summed E-state index contributed by atoms with van der Waals surface area (Å²) in [5, 5.41) is 1.94. The van der Waals surface area contributed by atoms with Crippen molar-refractivity contribution in [2.45, 2.75) is 24.0 Å². The molecule has 1 atom stereocenters. The molecule has 4 rings (SSSR count). The smallest absolute Gasteiger partial charge is 0.268 e. The maximum atomic E-state index is 13.9. The molecule has 0 spiro atoms. The van der Waals surface area contributed by atoms with E-state index in [1.165, 1.54) is 46.7 Å². The predicted molar refractivity (Wildman–Crippen MR) is 115 cm³/mol. The lowest BCUT2D eigenvalue weighted by Gasteiger charge is -2.18. The molecule has 0 aliphatic carbocycles. The van der Waals surface area contributed by atoms with Crippen LogP contribution in [-0.4, -0.2) is 32.0 Å². The summed E-state index contributed by atoms with van der Waals surface area (Å²) in [5.74, 6) is -0.505. The molecule has 1 aromatic heterocycles. The summed E-state index contributed by atoms with van der Waals surface area (Å²) in [7, 11) is -3.77. The van der Waals surface area contributed by atoms with E-state index in [1.54, 1.807) is 23.6 Å². The molecule has 1 unspecified atom stereocenters. The Morgan fingerprint density at radius 2 is 2.03 bits per heavy atom. The van der Waals surface area contributed by atoms with Crippen LogP contribution in [0.25, 0.3) is 0 Å². The fourth-order valence-corrected chi connectivity index (χ4v) is 4.99. The number of amides is 1. The van der Waals surface area contributed by atoms with Gasteiger partial charge in [-0.15, -0.1) is 11.3 Å². The van der Waals surface area contributed by atoms with Crippen LogP contribution in [-0.2, 0) is 21.4 Å². The van der Waals surface area contributed by atoms with Gasteiger partial charge in [-0.25, -0.2) is 17.8 Å². The molecule has 1 saturated heterocycles. The minimum atomic E-state index is -3.77. The number of hydrogen-bond acceptors (Lipinski definition) is 7. The number of halogens is 1. The van der Waals surface area contributed by atoms with Gasteiger partial charge in [0.05, 0.1) is 4.90 Å². The van der Waals surface area contributed by atoms with Crippen LogP contribution in [0, 0.1) is 5.82 Å². The van der Waals surface area contributed by atoms with Crippen molar-refractivity contribution in [3.63, 3.8) is 0 Å². The summed E-state index contributed by atoms with van der Waals surface area (Å²) < 4.78 is 46.9. The van der Waals surface area contributed by atoms with Gasteiger partial charge in [-0.05, 0) is 30.3 Å². The topological polar surface area (TPSA) is 115 Å². The maximum Gasteiger partial charge on any atom is 0.268 e. The maximum absolute atomic E-state index is 13.9. The molecule has 0 bridgehead atoms. The Balaban J connectivity index is 1.44. The van der Waals surface area contributed by atoms with Crippen LogP contribution in [0.15, 0.2) is 58.9 Å². The average Bonchev–Trinajstić information content (AvgIpc) is 3.38. The first-order valence-corrected chi connectivity index (χ1v) is 11.7. The van der Waals surface area contributed by atoms with Crippen LogP contribution < -0.4 is 20.1 Å². The molecule has 0 saturated carbocycles. The zero-order valence-electron chi connectivity index (χ0n) is 16.2. The van der Waals surface area contributed by atoms with Crippen molar-refractivity contribution >= 4 is 38.1 Å². The summed E-state index contributed by atoms with van der Waals surface area (Å²) in [6, 6.07) is 10.3. The zero-order valence-corrected chi connectivity index (χ0v) is 17.8. The summed E-state index contributed by atoms with van der Waals surface area (Å²) in [6.07, 6.45) is 1.17. The Labute approximate surface area is 182 Å². The highest BCUT2D eigenvalue weighted by molar-refractivity contribution is 7.93. The lowest BCUT2D eigenvalue weighted by molar-refractivity contribution is -0.122. The van der Waals surface area contributed by atoms with Gasteiger partial charge in [0, 0.05) is 48.4 Å². The summed E-state index contributed by atoms with van der Waals surface area (Å²) in [6.45, 7) is 0.476. The van der Waals surface area contributed by atoms with Crippen LogP contribution in [0.5, 0.6) is 5.75 Å². The molecule has 8 nitrogen and oxygen atoms in total.